The van der Waals surface area contributed by atoms with Crippen molar-refractivity contribution in [3.05, 3.63) is 42.1 Å². The molecule has 0 fully saturated rings. The summed E-state index contributed by atoms with van der Waals surface area (Å²) in [5.74, 6) is 1.62. The van der Waals surface area contributed by atoms with Gasteiger partial charge in [-0.15, -0.1) is 0 Å². The van der Waals surface area contributed by atoms with Gasteiger partial charge in [-0.3, -0.25) is 0 Å². The van der Waals surface area contributed by atoms with Gasteiger partial charge in [0.1, 0.15) is 5.82 Å². The van der Waals surface area contributed by atoms with Crippen LogP contribution in [0.15, 0.2) is 36.5 Å². The standard InChI is InChI=1S/C16H22N4/c1-4-11-17-16-18-12-10-15(19-16)20(5-2)14-9-7-6-8-13(14)3/h6-10,12H,4-5,11H2,1-3H3,(H,17,18,19). The van der Waals surface area contributed by atoms with Crippen LogP contribution in [0.25, 0.3) is 0 Å². The molecule has 0 bridgehead atoms. The van der Waals surface area contributed by atoms with Crippen molar-refractivity contribution in [2.45, 2.75) is 27.2 Å². The van der Waals surface area contributed by atoms with E-state index >= 15 is 0 Å². The van der Waals surface area contributed by atoms with Gasteiger partial charge in [0, 0.05) is 25.0 Å². The number of aromatic nitrogens is 2. The van der Waals surface area contributed by atoms with E-state index in [-0.39, 0.29) is 0 Å². The number of hydrogen-bond donors (Lipinski definition) is 1. The van der Waals surface area contributed by atoms with E-state index in [1.807, 2.05) is 6.07 Å². The molecule has 1 N–H and O–H groups in total. The Hall–Kier alpha value is -2.10. The minimum atomic E-state index is 0.691. The molecule has 0 saturated carbocycles. The lowest BCUT2D eigenvalue weighted by Crippen LogP contribution is -2.19. The molecule has 0 atom stereocenters. The predicted octanol–water partition coefficient (Wildman–Crippen LogP) is 3.76. The van der Waals surface area contributed by atoms with Gasteiger partial charge in [0.25, 0.3) is 0 Å². The number of hydrogen-bond acceptors (Lipinski definition) is 4. The highest BCUT2D eigenvalue weighted by Gasteiger charge is 2.11. The first kappa shape index (κ1) is 14.3. The molecule has 106 valence electrons. The Balaban J connectivity index is 2.30. The maximum atomic E-state index is 4.60. The molecule has 20 heavy (non-hydrogen) atoms. The van der Waals surface area contributed by atoms with E-state index in [4.69, 9.17) is 0 Å². The van der Waals surface area contributed by atoms with Crippen LogP contribution in [-0.4, -0.2) is 23.1 Å². The normalized spacial score (nSPS) is 10.3. The first-order valence-electron chi connectivity index (χ1n) is 7.16. The van der Waals surface area contributed by atoms with Crippen molar-refractivity contribution in [3.63, 3.8) is 0 Å². The average molecular weight is 270 g/mol. The Bertz CT molecular complexity index is 554. The van der Waals surface area contributed by atoms with Crippen LogP contribution in [-0.2, 0) is 0 Å². The summed E-state index contributed by atoms with van der Waals surface area (Å²) in [6, 6.07) is 10.3. The second kappa shape index (κ2) is 6.89. The maximum Gasteiger partial charge on any atom is 0.224 e. The van der Waals surface area contributed by atoms with Crippen molar-refractivity contribution < 1.29 is 0 Å². The number of anilines is 3. The Labute approximate surface area is 120 Å². The lowest BCUT2D eigenvalue weighted by Gasteiger charge is -2.24. The van der Waals surface area contributed by atoms with Crippen LogP contribution in [0, 0.1) is 6.92 Å². The first-order chi connectivity index (χ1) is 9.76. The Morgan fingerprint density at radius 3 is 2.65 bits per heavy atom. The third-order valence-electron chi connectivity index (χ3n) is 3.17. The average Bonchev–Trinajstić information content (AvgIpc) is 2.48. The van der Waals surface area contributed by atoms with Gasteiger partial charge in [-0.1, -0.05) is 25.1 Å². The molecule has 4 heteroatoms. The molecule has 2 aromatic rings. The molecular weight excluding hydrogens is 248 g/mol. The summed E-state index contributed by atoms with van der Waals surface area (Å²) < 4.78 is 0. The molecule has 0 aliphatic heterocycles. The highest BCUT2D eigenvalue weighted by Crippen LogP contribution is 2.26. The third kappa shape index (κ3) is 3.26. The number of rotatable bonds is 6. The summed E-state index contributed by atoms with van der Waals surface area (Å²) in [7, 11) is 0. The molecule has 1 heterocycles. The number of benzene rings is 1. The molecule has 2 rings (SSSR count). The Morgan fingerprint density at radius 2 is 1.95 bits per heavy atom. The quantitative estimate of drug-likeness (QED) is 0.867. The zero-order chi connectivity index (χ0) is 14.4. The fourth-order valence-corrected chi connectivity index (χ4v) is 2.14. The van der Waals surface area contributed by atoms with Gasteiger partial charge >= 0.3 is 0 Å². The lowest BCUT2D eigenvalue weighted by molar-refractivity contribution is 0.933. The largest absolute Gasteiger partial charge is 0.354 e. The van der Waals surface area contributed by atoms with E-state index in [1.165, 1.54) is 11.3 Å². The maximum absolute atomic E-state index is 4.60. The number of para-hydroxylation sites is 1. The van der Waals surface area contributed by atoms with Crippen LogP contribution in [0.5, 0.6) is 0 Å². The van der Waals surface area contributed by atoms with Crippen LogP contribution in [0.4, 0.5) is 17.5 Å². The van der Waals surface area contributed by atoms with Crippen LogP contribution < -0.4 is 10.2 Å². The van der Waals surface area contributed by atoms with Gasteiger partial charge in [0.05, 0.1) is 0 Å². The van der Waals surface area contributed by atoms with Crippen molar-refractivity contribution in [3.8, 4) is 0 Å². The summed E-state index contributed by atoms with van der Waals surface area (Å²) in [6.45, 7) is 8.14. The van der Waals surface area contributed by atoms with Crippen LogP contribution in [0.1, 0.15) is 25.8 Å². The second-order valence-corrected chi connectivity index (χ2v) is 4.70. The topological polar surface area (TPSA) is 41.1 Å². The summed E-state index contributed by atoms with van der Waals surface area (Å²) in [4.78, 5) is 11.1. The fourth-order valence-electron chi connectivity index (χ4n) is 2.14. The fraction of sp³-hybridized carbons (Fsp3) is 0.375. The van der Waals surface area contributed by atoms with Crippen molar-refractivity contribution >= 4 is 17.5 Å². The van der Waals surface area contributed by atoms with Crippen molar-refractivity contribution in [2.24, 2.45) is 0 Å². The molecule has 1 aromatic heterocycles. The van der Waals surface area contributed by atoms with Gasteiger partial charge in [0.15, 0.2) is 0 Å². The van der Waals surface area contributed by atoms with E-state index in [0.717, 1.165) is 25.3 Å². The van der Waals surface area contributed by atoms with Crippen LogP contribution in [0.3, 0.4) is 0 Å². The van der Waals surface area contributed by atoms with Gasteiger partial charge in [0.2, 0.25) is 5.95 Å². The van der Waals surface area contributed by atoms with Crippen LogP contribution in [0.2, 0.25) is 0 Å². The molecule has 0 unspecified atom stereocenters. The summed E-state index contributed by atoms with van der Waals surface area (Å²) in [6.07, 6.45) is 2.87. The van der Waals surface area contributed by atoms with E-state index in [0.29, 0.717) is 5.95 Å². The Morgan fingerprint density at radius 1 is 1.15 bits per heavy atom. The van der Waals surface area contributed by atoms with Crippen molar-refractivity contribution in [2.75, 3.05) is 23.3 Å². The van der Waals surface area contributed by atoms with Crippen molar-refractivity contribution in [1.82, 2.24) is 9.97 Å². The molecule has 0 radical (unpaired) electrons. The minimum absolute atomic E-state index is 0.691. The number of nitrogens with zero attached hydrogens (tertiary/aromatic N) is 3. The Kier molecular flexibility index (Phi) is 4.93. The highest BCUT2D eigenvalue weighted by molar-refractivity contribution is 5.63. The zero-order valence-corrected chi connectivity index (χ0v) is 12.4. The van der Waals surface area contributed by atoms with E-state index in [9.17, 15) is 0 Å². The molecule has 4 nitrogen and oxygen atoms in total. The van der Waals surface area contributed by atoms with E-state index in [2.05, 4.69) is 65.2 Å². The molecule has 0 saturated heterocycles. The van der Waals surface area contributed by atoms with E-state index in [1.54, 1.807) is 6.20 Å². The van der Waals surface area contributed by atoms with Gasteiger partial charge in [-0.05, 0) is 38.0 Å². The molecule has 1 aromatic carbocycles. The lowest BCUT2D eigenvalue weighted by atomic mass is 10.2. The smallest absolute Gasteiger partial charge is 0.224 e. The molecular formula is C16H22N4. The monoisotopic (exact) mass is 270 g/mol. The molecule has 0 aliphatic carbocycles. The SMILES string of the molecule is CCCNc1nccc(N(CC)c2ccccc2C)n1. The van der Waals surface area contributed by atoms with Crippen molar-refractivity contribution in [1.29, 1.82) is 0 Å². The number of nitrogens with one attached hydrogen (secondary N) is 1. The summed E-state index contributed by atoms with van der Waals surface area (Å²) in [5, 5.41) is 3.23. The minimum Gasteiger partial charge on any atom is -0.354 e. The predicted molar refractivity (Wildman–Crippen MR) is 84.7 cm³/mol. The molecule has 0 amide bonds. The third-order valence-corrected chi connectivity index (χ3v) is 3.17. The molecule has 0 spiro atoms. The van der Waals surface area contributed by atoms with E-state index < -0.39 is 0 Å². The second-order valence-electron chi connectivity index (χ2n) is 4.70. The zero-order valence-electron chi connectivity index (χ0n) is 12.4. The van der Waals surface area contributed by atoms with Crippen LogP contribution >= 0.6 is 0 Å². The van der Waals surface area contributed by atoms with Gasteiger partial charge < -0.3 is 10.2 Å². The summed E-state index contributed by atoms with van der Waals surface area (Å²) >= 11 is 0. The van der Waals surface area contributed by atoms with Gasteiger partial charge in [-0.25, -0.2) is 4.98 Å². The first-order valence-corrected chi connectivity index (χ1v) is 7.16. The summed E-state index contributed by atoms with van der Waals surface area (Å²) in [5.41, 5.74) is 2.44. The highest BCUT2D eigenvalue weighted by atomic mass is 15.2. The molecule has 0 aliphatic rings. The number of aryl methyl sites for hydroxylation is 1. The van der Waals surface area contributed by atoms with Gasteiger partial charge in [-0.2, -0.15) is 4.98 Å².